The highest BCUT2D eigenvalue weighted by Gasteiger charge is 2.21. The Morgan fingerprint density at radius 2 is 1.93 bits per heavy atom. The van der Waals surface area contributed by atoms with Crippen LogP contribution in [0.15, 0.2) is 48.0 Å². The van der Waals surface area contributed by atoms with E-state index in [1.54, 1.807) is 13.3 Å². The molecule has 1 N–H and O–H groups in total. The molecular formula is C22H33N5O2. The molecule has 0 spiro atoms. The van der Waals surface area contributed by atoms with Gasteiger partial charge in [0.1, 0.15) is 0 Å². The summed E-state index contributed by atoms with van der Waals surface area (Å²) >= 11 is 0. The standard InChI is InChI=1S/C22H33N5O2/c1-23-22(27-11-8-21(9-12-27)29-15-3-14-28-2)25-16-19-4-6-20(7-5-19)17-26-13-10-24-18-26/h4-7,10,13,18,21H,3,8-9,11-12,14-17H2,1-2H3,(H,23,25). The maximum Gasteiger partial charge on any atom is 0.193 e. The summed E-state index contributed by atoms with van der Waals surface area (Å²) in [6, 6.07) is 8.69. The van der Waals surface area contributed by atoms with Crippen LogP contribution in [0.4, 0.5) is 0 Å². The van der Waals surface area contributed by atoms with Gasteiger partial charge in [0.25, 0.3) is 0 Å². The van der Waals surface area contributed by atoms with E-state index in [-0.39, 0.29) is 0 Å². The van der Waals surface area contributed by atoms with Crippen LogP contribution in [0.1, 0.15) is 30.4 Å². The molecule has 0 saturated carbocycles. The normalized spacial score (nSPS) is 15.7. The average molecular weight is 400 g/mol. The molecule has 1 fully saturated rings. The molecule has 0 amide bonds. The van der Waals surface area contributed by atoms with Gasteiger partial charge in [-0.1, -0.05) is 24.3 Å². The second kappa shape index (κ2) is 11.6. The minimum atomic E-state index is 0.351. The quantitative estimate of drug-likeness (QED) is 0.399. The maximum atomic E-state index is 5.95. The number of nitrogens with one attached hydrogen (secondary N) is 1. The van der Waals surface area contributed by atoms with E-state index >= 15 is 0 Å². The van der Waals surface area contributed by atoms with Gasteiger partial charge in [-0.05, 0) is 30.4 Å². The number of hydrogen-bond acceptors (Lipinski definition) is 4. The van der Waals surface area contributed by atoms with Crippen molar-refractivity contribution in [2.24, 2.45) is 4.99 Å². The van der Waals surface area contributed by atoms with E-state index in [0.29, 0.717) is 6.10 Å². The molecule has 2 aromatic rings. The topological polar surface area (TPSA) is 63.9 Å². The molecular weight excluding hydrogens is 366 g/mol. The van der Waals surface area contributed by atoms with Crippen molar-refractivity contribution in [1.29, 1.82) is 0 Å². The Balaban J connectivity index is 1.40. The fourth-order valence-electron chi connectivity index (χ4n) is 3.55. The number of likely N-dealkylation sites (tertiary alicyclic amines) is 1. The number of aliphatic imine (C=N–C) groups is 1. The summed E-state index contributed by atoms with van der Waals surface area (Å²) < 4.78 is 13.1. The zero-order valence-corrected chi connectivity index (χ0v) is 17.6. The fourth-order valence-corrected chi connectivity index (χ4v) is 3.55. The highest BCUT2D eigenvalue weighted by atomic mass is 16.5. The van der Waals surface area contributed by atoms with E-state index in [1.807, 2.05) is 19.6 Å². The summed E-state index contributed by atoms with van der Waals surface area (Å²) in [5.41, 5.74) is 2.51. The van der Waals surface area contributed by atoms with Crippen LogP contribution in [0.3, 0.4) is 0 Å². The SMILES string of the molecule is CN=C(NCc1ccc(Cn2ccnc2)cc1)N1CCC(OCCCOC)CC1. The van der Waals surface area contributed by atoms with Gasteiger partial charge >= 0.3 is 0 Å². The minimum absolute atomic E-state index is 0.351. The number of methoxy groups -OCH3 is 1. The lowest BCUT2D eigenvalue weighted by Crippen LogP contribution is -2.46. The lowest BCUT2D eigenvalue weighted by Gasteiger charge is -2.34. The molecule has 2 heterocycles. The molecule has 29 heavy (non-hydrogen) atoms. The van der Waals surface area contributed by atoms with Crippen LogP contribution >= 0.6 is 0 Å². The van der Waals surface area contributed by atoms with E-state index in [1.165, 1.54) is 11.1 Å². The van der Waals surface area contributed by atoms with Crippen molar-refractivity contribution in [1.82, 2.24) is 19.8 Å². The van der Waals surface area contributed by atoms with E-state index < -0.39 is 0 Å². The van der Waals surface area contributed by atoms with Crippen LogP contribution in [-0.4, -0.2) is 67.0 Å². The van der Waals surface area contributed by atoms with Crippen LogP contribution in [0.25, 0.3) is 0 Å². The molecule has 1 aliphatic heterocycles. The van der Waals surface area contributed by atoms with Gasteiger partial charge in [0.15, 0.2) is 5.96 Å². The molecule has 7 nitrogen and oxygen atoms in total. The molecule has 0 atom stereocenters. The van der Waals surface area contributed by atoms with Gasteiger partial charge in [-0.25, -0.2) is 4.98 Å². The minimum Gasteiger partial charge on any atom is -0.385 e. The second-order valence-electron chi connectivity index (χ2n) is 7.36. The third-order valence-electron chi connectivity index (χ3n) is 5.20. The van der Waals surface area contributed by atoms with E-state index in [9.17, 15) is 0 Å². The van der Waals surface area contributed by atoms with Crippen molar-refractivity contribution >= 4 is 5.96 Å². The van der Waals surface area contributed by atoms with Crippen LogP contribution in [-0.2, 0) is 22.6 Å². The molecule has 1 aromatic carbocycles. The summed E-state index contributed by atoms with van der Waals surface area (Å²) in [7, 11) is 3.58. The number of aromatic nitrogens is 2. The number of rotatable bonds is 9. The van der Waals surface area contributed by atoms with Crippen LogP contribution in [0.5, 0.6) is 0 Å². The van der Waals surface area contributed by atoms with Crippen LogP contribution in [0, 0.1) is 0 Å². The summed E-state index contributed by atoms with van der Waals surface area (Å²) in [5.74, 6) is 0.963. The van der Waals surface area contributed by atoms with Crippen molar-refractivity contribution in [2.45, 2.75) is 38.5 Å². The highest BCUT2D eigenvalue weighted by molar-refractivity contribution is 5.79. The number of imidazole rings is 1. The van der Waals surface area contributed by atoms with Crippen molar-refractivity contribution in [3.63, 3.8) is 0 Å². The largest absolute Gasteiger partial charge is 0.385 e. The Hall–Kier alpha value is -2.38. The van der Waals surface area contributed by atoms with Gasteiger partial charge in [-0.3, -0.25) is 4.99 Å². The first-order valence-corrected chi connectivity index (χ1v) is 10.4. The first-order chi connectivity index (χ1) is 14.3. The van der Waals surface area contributed by atoms with Gasteiger partial charge in [0.05, 0.1) is 12.4 Å². The number of piperidine rings is 1. The molecule has 3 rings (SSSR count). The number of nitrogens with zero attached hydrogens (tertiary/aromatic N) is 4. The summed E-state index contributed by atoms with van der Waals surface area (Å²) in [5, 5.41) is 3.50. The van der Waals surface area contributed by atoms with Crippen molar-refractivity contribution in [3.8, 4) is 0 Å². The lowest BCUT2D eigenvalue weighted by atomic mass is 10.1. The molecule has 1 aliphatic rings. The monoisotopic (exact) mass is 399 g/mol. The molecule has 1 aromatic heterocycles. The molecule has 0 aliphatic carbocycles. The third-order valence-corrected chi connectivity index (χ3v) is 5.20. The first-order valence-electron chi connectivity index (χ1n) is 10.4. The Morgan fingerprint density at radius 3 is 2.59 bits per heavy atom. The number of hydrogen-bond donors (Lipinski definition) is 1. The molecule has 7 heteroatoms. The van der Waals surface area contributed by atoms with E-state index in [2.05, 4.69) is 49.0 Å². The van der Waals surface area contributed by atoms with Gasteiger partial charge < -0.3 is 24.3 Å². The molecule has 0 unspecified atom stereocenters. The molecule has 1 saturated heterocycles. The maximum absolute atomic E-state index is 5.95. The highest BCUT2D eigenvalue weighted by Crippen LogP contribution is 2.14. The van der Waals surface area contributed by atoms with Gasteiger partial charge in [0.2, 0.25) is 0 Å². The summed E-state index contributed by atoms with van der Waals surface area (Å²) in [6.07, 6.45) is 9.01. The molecule has 0 radical (unpaired) electrons. The third kappa shape index (κ3) is 6.87. The Labute approximate surface area is 173 Å². The van der Waals surface area contributed by atoms with Crippen molar-refractivity contribution in [2.75, 3.05) is 40.5 Å². The van der Waals surface area contributed by atoms with Gasteiger partial charge in [-0.2, -0.15) is 0 Å². The van der Waals surface area contributed by atoms with E-state index in [0.717, 1.165) is 64.6 Å². The lowest BCUT2D eigenvalue weighted by molar-refractivity contribution is 0.00989. The van der Waals surface area contributed by atoms with Crippen LogP contribution < -0.4 is 5.32 Å². The van der Waals surface area contributed by atoms with Crippen molar-refractivity contribution < 1.29 is 9.47 Å². The van der Waals surface area contributed by atoms with Gasteiger partial charge in [0, 0.05) is 65.9 Å². The zero-order chi connectivity index (χ0) is 20.3. The Kier molecular flexibility index (Phi) is 8.52. The summed E-state index contributed by atoms with van der Waals surface area (Å²) in [6.45, 7) is 5.10. The summed E-state index contributed by atoms with van der Waals surface area (Å²) in [4.78, 5) is 10.9. The number of benzene rings is 1. The Morgan fingerprint density at radius 1 is 1.17 bits per heavy atom. The van der Waals surface area contributed by atoms with Crippen LogP contribution in [0.2, 0.25) is 0 Å². The zero-order valence-electron chi connectivity index (χ0n) is 17.6. The number of guanidine groups is 1. The molecule has 0 bridgehead atoms. The van der Waals surface area contributed by atoms with Gasteiger partial charge in [-0.15, -0.1) is 0 Å². The number of ether oxygens (including phenoxy) is 2. The predicted octanol–water partition coefficient (Wildman–Crippen LogP) is 2.52. The predicted molar refractivity (Wildman–Crippen MR) is 115 cm³/mol. The Bertz CT molecular complexity index is 722. The smallest absolute Gasteiger partial charge is 0.193 e. The first kappa shape index (κ1) is 21.3. The molecule has 158 valence electrons. The average Bonchev–Trinajstić information content (AvgIpc) is 3.27. The second-order valence-corrected chi connectivity index (χ2v) is 7.36. The van der Waals surface area contributed by atoms with Crippen molar-refractivity contribution in [3.05, 3.63) is 54.1 Å². The van der Waals surface area contributed by atoms with E-state index in [4.69, 9.17) is 9.47 Å². The fraction of sp³-hybridized carbons (Fsp3) is 0.545.